The monoisotopic (exact) mass is 312 g/mol. The van der Waals surface area contributed by atoms with Gasteiger partial charge >= 0.3 is 5.97 Å². The number of halogens is 1. The van der Waals surface area contributed by atoms with Crippen LogP contribution in [0.3, 0.4) is 0 Å². The zero-order valence-corrected chi connectivity index (χ0v) is 11.4. The van der Waals surface area contributed by atoms with Crippen molar-refractivity contribution in [2.24, 2.45) is 0 Å². The highest BCUT2D eigenvalue weighted by Gasteiger charge is 2.31. The van der Waals surface area contributed by atoms with Crippen molar-refractivity contribution in [1.29, 1.82) is 0 Å². The lowest BCUT2D eigenvalue weighted by Gasteiger charge is -2.32. The molecule has 1 saturated heterocycles. The lowest BCUT2D eigenvalue weighted by atomic mass is 10.1. The Bertz CT molecular complexity index is 504. The molecule has 0 aromatic heterocycles. The molecule has 2 N–H and O–H groups in total. The van der Waals surface area contributed by atoms with Gasteiger partial charge in [0, 0.05) is 4.47 Å². The van der Waals surface area contributed by atoms with E-state index in [1.165, 1.54) is 4.90 Å². The summed E-state index contributed by atoms with van der Waals surface area (Å²) in [6.45, 7) is 2.13. The number of benzene rings is 1. The van der Waals surface area contributed by atoms with Crippen LogP contribution in [0.1, 0.15) is 5.56 Å². The molecule has 1 fully saturated rings. The maximum Gasteiger partial charge on any atom is 0.322 e. The first kappa shape index (κ1) is 13.0. The van der Waals surface area contributed by atoms with Gasteiger partial charge in [-0.25, -0.2) is 0 Å². The lowest BCUT2D eigenvalue weighted by Crippen LogP contribution is -2.57. The molecule has 6 heteroatoms. The molecule has 1 aliphatic rings. The summed E-state index contributed by atoms with van der Waals surface area (Å²) >= 11 is 3.41. The van der Waals surface area contributed by atoms with Crippen LogP contribution in [0.2, 0.25) is 0 Å². The molecule has 1 aromatic carbocycles. The van der Waals surface area contributed by atoms with Gasteiger partial charge in [0.15, 0.2) is 0 Å². The number of rotatable bonds is 2. The van der Waals surface area contributed by atoms with E-state index >= 15 is 0 Å². The van der Waals surface area contributed by atoms with Crippen LogP contribution in [0.5, 0.6) is 0 Å². The van der Waals surface area contributed by atoms with E-state index in [-0.39, 0.29) is 19.0 Å². The number of hydrogen-bond acceptors (Lipinski definition) is 3. The third-order valence-corrected chi connectivity index (χ3v) is 3.49. The standard InChI is InChI=1S/C12H13BrN2O3/c1-7-2-3-10(8(13)4-7)15-6-9(12(17)18)14-5-11(15)16/h2-4,9,14H,5-6H2,1H3,(H,17,18). The van der Waals surface area contributed by atoms with E-state index in [2.05, 4.69) is 21.2 Å². The average molecular weight is 313 g/mol. The van der Waals surface area contributed by atoms with Crippen molar-refractivity contribution in [3.63, 3.8) is 0 Å². The van der Waals surface area contributed by atoms with Crippen LogP contribution in [0.4, 0.5) is 5.69 Å². The summed E-state index contributed by atoms with van der Waals surface area (Å²) in [6, 6.07) is 4.89. The second-order valence-electron chi connectivity index (χ2n) is 4.23. The summed E-state index contributed by atoms with van der Waals surface area (Å²) in [6.07, 6.45) is 0. The zero-order valence-electron chi connectivity index (χ0n) is 9.81. The highest BCUT2D eigenvalue weighted by Crippen LogP contribution is 2.28. The van der Waals surface area contributed by atoms with Crippen molar-refractivity contribution in [2.45, 2.75) is 13.0 Å². The first-order valence-corrected chi connectivity index (χ1v) is 6.31. The van der Waals surface area contributed by atoms with Gasteiger partial charge in [-0.1, -0.05) is 6.07 Å². The summed E-state index contributed by atoms with van der Waals surface area (Å²) in [4.78, 5) is 24.3. The Kier molecular flexibility index (Phi) is 3.68. The number of carbonyl (C=O) groups is 2. The summed E-state index contributed by atoms with van der Waals surface area (Å²) in [5, 5.41) is 11.7. The van der Waals surface area contributed by atoms with Gasteiger partial charge in [0.1, 0.15) is 6.04 Å². The minimum Gasteiger partial charge on any atom is -0.480 e. The smallest absolute Gasteiger partial charge is 0.322 e. The number of hydrogen-bond donors (Lipinski definition) is 2. The number of carboxylic acids is 1. The van der Waals surface area contributed by atoms with Crippen molar-refractivity contribution in [3.05, 3.63) is 28.2 Å². The molecular weight excluding hydrogens is 300 g/mol. The van der Waals surface area contributed by atoms with Gasteiger partial charge in [-0.05, 0) is 40.5 Å². The van der Waals surface area contributed by atoms with Crippen molar-refractivity contribution in [3.8, 4) is 0 Å². The maximum absolute atomic E-state index is 11.8. The Balaban J connectivity index is 2.29. The molecule has 2 rings (SSSR count). The number of aryl methyl sites for hydroxylation is 1. The molecular formula is C12H13BrN2O3. The number of anilines is 1. The highest BCUT2D eigenvalue weighted by atomic mass is 79.9. The Morgan fingerprint density at radius 3 is 2.89 bits per heavy atom. The molecule has 0 aliphatic carbocycles. The predicted molar refractivity (Wildman–Crippen MR) is 70.7 cm³/mol. The summed E-state index contributed by atoms with van der Waals surface area (Å²) < 4.78 is 0.793. The summed E-state index contributed by atoms with van der Waals surface area (Å²) in [7, 11) is 0. The van der Waals surface area contributed by atoms with Crippen molar-refractivity contribution in [1.82, 2.24) is 5.32 Å². The second kappa shape index (κ2) is 5.07. The first-order chi connectivity index (χ1) is 8.49. The van der Waals surface area contributed by atoms with Gasteiger partial charge in [0.2, 0.25) is 5.91 Å². The minimum atomic E-state index is -0.948. The molecule has 5 nitrogen and oxygen atoms in total. The average Bonchev–Trinajstić information content (AvgIpc) is 2.30. The van der Waals surface area contributed by atoms with Gasteiger partial charge in [-0.15, -0.1) is 0 Å². The van der Waals surface area contributed by atoms with E-state index in [0.717, 1.165) is 10.0 Å². The topological polar surface area (TPSA) is 69.6 Å². The lowest BCUT2D eigenvalue weighted by molar-refractivity contribution is -0.139. The van der Waals surface area contributed by atoms with Gasteiger partial charge in [0.05, 0.1) is 18.8 Å². The number of nitrogens with zero attached hydrogens (tertiary/aromatic N) is 1. The van der Waals surface area contributed by atoms with E-state index in [4.69, 9.17) is 5.11 Å². The van der Waals surface area contributed by atoms with Crippen LogP contribution in [0, 0.1) is 6.92 Å². The predicted octanol–water partition coefficient (Wildman–Crippen LogP) is 1.15. The number of carbonyl (C=O) groups excluding carboxylic acids is 1. The third kappa shape index (κ3) is 2.54. The fourth-order valence-electron chi connectivity index (χ4n) is 1.88. The van der Waals surface area contributed by atoms with Gasteiger partial charge < -0.3 is 10.0 Å². The van der Waals surface area contributed by atoms with Crippen LogP contribution in [0.15, 0.2) is 22.7 Å². The largest absolute Gasteiger partial charge is 0.480 e. The quantitative estimate of drug-likeness (QED) is 0.859. The molecule has 1 aromatic rings. The molecule has 0 spiro atoms. The SMILES string of the molecule is Cc1ccc(N2CC(C(=O)O)NCC2=O)c(Br)c1. The Hall–Kier alpha value is -1.40. The fraction of sp³-hybridized carbons (Fsp3) is 0.333. The number of carboxylic acid groups (broad SMARTS) is 1. The molecule has 96 valence electrons. The van der Waals surface area contributed by atoms with Gasteiger partial charge in [0.25, 0.3) is 0 Å². The van der Waals surface area contributed by atoms with Crippen molar-refractivity contribution >= 4 is 33.5 Å². The van der Waals surface area contributed by atoms with Crippen LogP contribution in [-0.2, 0) is 9.59 Å². The minimum absolute atomic E-state index is 0.0390. The molecule has 1 atom stereocenters. The third-order valence-electron chi connectivity index (χ3n) is 2.86. The molecule has 1 heterocycles. The van der Waals surface area contributed by atoms with Crippen LogP contribution in [-0.4, -0.2) is 36.1 Å². The van der Waals surface area contributed by atoms with Gasteiger partial charge in [-0.3, -0.25) is 14.9 Å². The van der Waals surface area contributed by atoms with Crippen LogP contribution < -0.4 is 10.2 Å². The highest BCUT2D eigenvalue weighted by molar-refractivity contribution is 9.10. The summed E-state index contributed by atoms with van der Waals surface area (Å²) in [5.41, 5.74) is 1.78. The molecule has 0 bridgehead atoms. The van der Waals surface area contributed by atoms with Crippen LogP contribution >= 0.6 is 15.9 Å². The molecule has 0 saturated carbocycles. The molecule has 18 heavy (non-hydrogen) atoms. The maximum atomic E-state index is 11.8. The van der Waals surface area contributed by atoms with E-state index < -0.39 is 12.0 Å². The van der Waals surface area contributed by atoms with E-state index in [0.29, 0.717) is 5.69 Å². The zero-order chi connectivity index (χ0) is 13.3. The molecule has 1 amide bonds. The first-order valence-electron chi connectivity index (χ1n) is 5.52. The summed E-state index contributed by atoms with van der Waals surface area (Å²) in [5.74, 6) is -1.08. The van der Waals surface area contributed by atoms with Crippen molar-refractivity contribution < 1.29 is 14.7 Å². The number of nitrogens with one attached hydrogen (secondary N) is 1. The molecule has 1 aliphatic heterocycles. The second-order valence-corrected chi connectivity index (χ2v) is 5.09. The Morgan fingerprint density at radius 1 is 1.56 bits per heavy atom. The fourth-order valence-corrected chi connectivity index (χ4v) is 2.59. The van der Waals surface area contributed by atoms with Crippen molar-refractivity contribution in [2.75, 3.05) is 18.0 Å². The van der Waals surface area contributed by atoms with E-state index in [1.54, 1.807) is 0 Å². The van der Waals surface area contributed by atoms with E-state index in [1.807, 2.05) is 25.1 Å². The number of aliphatic carboxylic acids is 1. The number of piperazine rings is 1. The normalized spacial score (nSPS) is 20.0. The van der Waals surface area contributed by atoms with Crippen LogP contribution in [0.25, 0.3) is 0 Å². The molecule has 1 unspecified atom stereocenters. The Labute approximate surface area is 113 Å². The van der Waals surface area contributed by atoms with E-state index in [9.17, 15) is 9.59 Å². The van der Waals surface area contributed by atoms with Gasteiger partial charge in [-0.2, -0.15) is 0 Å². The Morgan fingerprint density at radius 2 is 2.28 bits per heavy atom. The molecule has 0 radical (unpaired) electrons. The number of amides is 1.